The van der Waals surface area contributed by atoms with Gasteiger partial charge < -0.3 is 9.84 Å². The van der Waals surface area contributed by atoms with E-state index in [1.807, 2.05) is 12.1 Å². The maximum absolute atomic E-state index is 9.43. The van der Waals surface area contributed by atoms with Gasteiger partial charge in [-0.15, -0.1) is 0 Å². The van der Waals surface area contributed by atoms with Crippen molar-refractivity contribution in [3.05, 3.63) is 28.8 Å². The minimum absolute atomic E-state index is 0.366. The molecule has 2 nitrogen and oxygen atoms in total. The zero-order chi connectivity index (χ0) is 11.0. The summed E-state index contributed by atoms with van der Waals surface area (Å²) in [6, 6.07) is 3.67. The fraction of sp³-hybridized carbons (Fsp3) is 0.538. The highest BCUT2D eigenvalue weighted by Gasteiger charge is 2.33. The molecule has 0 radical (unpaired) electrons. The van der Waals surface area contributed by atoms with Gasteiger partial charge in [-0.2, -0.15) is 0 Å². The largest absolute Gasteiger partial charge is 0.508 e. The van der Waals surface area contributed by atoms with Crippen LogP contribution >= 0.6 is 0 Å². The minimum atomic E-state index is 0.366. The van der Waals surface area contributed by atoms with Crippen LogP contribution in [0.4, 0.5) is 0 Å². The van der Waals surface area contributed by atoms with Gasteiger partial charge in [0.25, 0.3) is 0 Å². The lowest BCUT2D eigenvalue weighted by Gasteiger charge is -2.09. The van der Waals surface area contributed by atoms with E-state index in [9.17, 15) is 5.11 Å². The summed E-state index contributed by atoms with van der Waals surface area (Å²) in [6.45, 7) is 6.22. The molecule has 2 rings (SSSR count). The first-order chi connectivity index (χ1) is 7.08. The minimum Gasteiger partial charge on any atom is -0.508 e. The van der Waals surface area contributed by atoms with Crippen LogP contribution in [0.2, 0.25) is 0 Å². The molecule has 1 aromatic carbocycles. The topological polar surface area (TPSA) is 32.8 Å². The van der Waals surface area contributed by atoms with Crippen LogP contribution in [0.1, 0.15) is 30.0 Å². The molecule has 2 atom stereocenters. The summed E-state index contributed by atoms with van der Waals surface area (Å²) in [6.07, 6.45) is 3.04. The van der Waals surface area contributed by atoms with E-state index < -0.39 is 0 Å². The summed E-state index contributed by atoms with van der Waals surface area (Å²) in [5.41, 5.74) is 3.72. The van der Waals surface area contributed by atoms with Crippen LogP contribution in [0.3, 0.4) is 0 Å². The number of aryl methyl sites for hydroxylation is 2. The molecule has 0 spiro atoms. The van der Waals surface area contributed by atoms with Crippen molar-refractivity contribution in [3.63, 3.8) is 0 Å². The Morgan fingerprint density at radius 3 is 2.27 bits per heavy atom. The highest BCUT2D eigenvalue weighted by atomic mass is 16.6. The van der Waals surface area contributed by atoms with Crippen molar-refractivity contribution in [1.29, 1.82) is 0 Å². The highest BCUT2D eigenvalue weighted by molar-refractivity contribution is 5.40. The third kappa shape index (κ3) is 2.32. The van der Waals surface area contributed by atoms with Crippen molar-refractivity contribution in [2.24, 2.45) is 0 Å². The quantitative estimate of drug-likeness (QED) is 0.771. The van der Waals surface area contributed by atoms with E-state index in [1.54, 1.807) is 0 Å². The molecule has 0 amide bonds. The molecule has 1 aliphatic heterocycles. The Balaban J connectivity index is 2.06. The third-order valence-electron chi connectivity index (χ3n) is 3.20. The van der Waals surface area contributed by atoms with Crippen LogP contribution in [-0.4, -0.2) is 17.3 Å². The highest BCUT2D eigenvalue weighted by Crippen LogP contribution is 2.28. The monoisotopic (exact) mass is 206 g/mol. The summed E-state index contributed by atoms with van der Waals surface area (Å²) in [4.78, 5) is 0. The maximum Gasteiger partial charge on any atom is 0.116 e. The SMILES string of the molecule is Cc1cc(O)cc(C)c1CCC1OC1C. The van der Waals surface area contributed by atoms with E-state index in [0.717, 1.165) is 12.8 Å². The van der Waals surface area contributed by atoms with Crippen molar-refractivity contribution in [3.8, 4) is 5.75 Å². The Labute approximate surface area is 90.9 Å². The van der Waals surface area contributed by atoms with Crippen LogP contribution in [-0.2, 0) is 11.2 Å². The number of aromatic hydroxyl groups is 1. The van der Waals surface area contributed by atoms with Crippen LogP contribution in [0.25, 0.3) is 0 Å². The van der Waals surface area contributed by atoms with E-state index in [4.69, 9.17) is 4.74 Å². The standard InChI is InChI=1S/C13H18O2/c1-8-6-11(14)7-9(2)12(8)4-5-13-10(3)15-13/h6-7,10,13-14H,4-5H2,1-3H3. The van der Waals surface area contributed by atoms with Crippen LogP contribution in [0.5, 0.6) is 5.75 Å². The summed E-state index contributed by atoms with van der Waals surface area (Å²) in [7, 11) is 0. The molecule has 0 saturated carbocycles. The first-order valence-corrected chi connectivity index (χ1v) is 5.52. The van der Waals surface area contributed by atoms with E-state index in [0.29, 0.717) is 18.0 Å². The normalized spacial score (nSPS) is 24.2. The molecule has 1 aromatic rings. The zero-order valence-electron chi connectivity index (χ0n) is 9.58. The molecule has 1 aliphatic rings. The third-order valence-corrected chi connectivity index (χ3v) is 3.20. The molecule has 0 aliphatic carbocycles. The number of ether oxygens (including phenoxy) is 1. The smallest absolute Gasteiger partial charge is 0.116 e. The van der Waals surface area contributed by atoms with Crippen molar-refractivity contribution < 1.29 is 9.84 Å². The second-order valence-electron chi connectivity index (χ2n) is 4.48. The number of phenols is 1. The Bertz CT molecular complexity index is 348. The van der Waals surface area contributed by atoms with Gasteiger partial charge in [0, 0.05) is 0 Å². The molecule has 2 heteroatoms. The molecular formula is C13H18O2. The maximum atomic E-state index is 9.43. The Kier molecular flexibility index (Phi) is 2.70. The zero-order valence-corrected chi connectivity index (χ0v) is 9.58. The first-order valence-electron chi connectivity index (χ1n) is 5.52. The van der Waals surface area contributed by atoms with E-state index in [2.05, 4.69) is 20.8 Å². The summed E-state index contributed by atoms with van der Waals surface area (Å²) < 4.78 is 5.39. The van der Waals surface area contributed by atoms with Gasteiger partial charge in [-0.05, 0) is 62.4 Å². The van der Waals surface area contributed by atoms with Gasteiger partial charge in [-0.1, -0.05) is 0 Å². The molecule has 0 bridgehead atoms. The fourth-order valence-corrected chi connectivity index (χ4v) is 2.18. The molecule has 2 unspecified atom stereocenters. The number of epoxide rings is 1. The molecule has 15 heavy (non-hydrogen) atoms. The fourth-order valence-electron chi connectivity index (χ4n) is 2.18. The predicted molar refractivity (Wildman–Crippen MR) is 60.2 cm³/mol. The molecular weight excluding hydrogens is 188 g/mol. The average molecular weight is 206 g/mol. The van der Waals surface area contributed by atoms with Crippen molar-refractivity contribution in [1.82, 2.24) is 0 Å². The Morgan fingerprint density at radius 1 is 1.27 bits per heavy atom. The molecule has 1 saturated heterocycles. The second-order valence-corrected chi connectivity index (χ2v) is 4.48. The van der Waals surface area contributed by atoms with Crippen LogP contribution < -0.4 is 0 Å². The average Bonchev–Trinajstić information content (AvgIpc) is 2.80. The Hall–Kier alpha value is -1.02. The van der Waals surface area contributed by atoms with Crippen molar-refractivity contribution in [2.75, 3.05) is 0 Å². The summed E-state index contributed by atoms with van der Waals surface area (Å²) in [5, 5.41) is 9.43. The van der Waals surface area contributed by atoms with Gasteiger partial charge in [0.1, 0.15) is 5.75 Å². The van der Waals surface area contributed by atoms with Crippen molar-refractivity contribution >= 4 is 0 Å². The molecule has 1 N–H and O–H groups in total. The molecule has 0 aromatic heterocycles. The molecule has 82 valence electrons. The molecule has 1 heterocycles. The number of hydrogen-bond acceptors (Lipinski definition) is 2. The second kappa shape index (κ2) is 3.86. The van der Waals surface area contributed by atoms with Gasteiger partial charge in [-0.25, -0.2) is 0 Å². The number of phenolic OH excluding ortho intramolecular Hbond substituents is 1. The number of hydrogen-bond donors (Lipinski definition) is 1. The Morgan fingerprint density at radius 2 is 1.80 bits per heavy atom. The lowest BCUT2D eigenvalue weighted by atomic mass is 9.97. The lowest BCUT2D eigenvalue weighted by molar-refractivity contribution is 0.370. The summed E-state index contributed by atoms with van der Waals surface area (Å²) >= 11 is 0. The first kappa shape index (κ1) is 10.5. The van der Waals surface area contributed by atoms with Gasteiger partial charge in [0.05, 0.1) is 12.2 Å². The van der Waals surface area contributed by atoms with Gasteiger partial charge in [0.15, 0.2) is 0 Å². The molecule has 1 fully saturated rings. The number of rotatable bonds is 3. The van der Waals surface area contributed by atoms with Crippen LogP contribution in [0.15, 0.2) is 12.1 Å². The van der Waals surface area contributed by atoms with E-state index in [-0.39, 0.29) is 0 Å². The van der Waals surface area contributed by atoms with Gasteiger partial charge >= 0.3 is 0 Å². The lowest BCUT2D eigenvalue weighted by Crippen LogP contribution is -1.98. The van der Waals surface area contributed by atoms with Crippen molar-refractivity contribution in [2.45, 2.75) is 45.8 Å². The predicted octanol–water partition coefficient (Wildman–Crippen LogP) is 2.73. The summed E-state index contributed by atoms with van der Waals surface area (Å²) in [5.74, 6) is 0.366. The van der Waals surface area contributed by atoms with Crippen LogP contribution in [0, 0.1) is 13.8 Å². The van der Waals surface area contributed by atoms with Gasteiger partial charge in [-0.3, -0.25) is 0 Å². The van der Waals surface area contributed by atoms with Gasteiger partial charge in [0.2, 0.25) is 0 Å². The van der Waals surface area contributed by atoms with E-state index in [1.165, 1.54) is 16.7 Å². The number of benzene rings is 1. The van der Waals surface area contributed by atoms with E-state index >= 15 is 0 Å².